The fourth-order valence-corrected chi connectivity index (χ4v) is 4.02. The summed E-state index contributed by atoms with van der Waals surface area (Å²) >= 11 is 0. The second-order valence-electron chi connectivity index (χ2n) is 7.35. The average Bonchev–Trinajstić information content (AvgIpc) is 3.09. The molecule has 2 aliphatic rings. The Morgan fingerprint density at radius 1 is 1.18 bits per heavy atom. The standard InChI is InChI=1S/C20H19F4N3O/c21-17-5-4-13(20(22,23)24)7-12(17)10-27(11-16-14-8-25-9-15(14)16)19(28)18-3-1-2-6-26-18/h1-7,14-16,25H,8-11H2. The zero-order valence-corrected chi connectivity index (χ0v) is 14.9. The van der Waals surface area contributed by atoms with E-state index in [0.717, 1.165) is 25.2 Å². The molecule has 1 aromatic heterocycles. The molecule has 2 atom stereocenters. The molecule has 1 saturated carbocycles. The van der Waals surface area contributed by atoms with Gasteiger partial charge in [0.25, 0.3) is 5.91 Å². The van der Waals surface area contributed by atoms with Crippen molar-refractivity contribution in [1.29, 1.82) is 0 Å². The van der Waals surface area contributed by atoms with Crippen molar-refractivity contribution in [3.63, 3.8) is 0 Å². The van der Waals surface area contributed by atoms with Crippen molar-refractivity contribution >= 4 is 5.91 Å². The number of hydrogen-bond acceptors (Lipinski definition) is 3. The Kier molecular flexibility index (Phi) is 4.82. The van der Waals surface area contributed by atoms with Gasteiger partial charge in [-0.15, -0.1) is 0 Å². The molecular formula is C20H19F4N3O. The van der Waals surface area contributed by atoms with Crippen molar-refractivity contribution in [2.75, 3.05) is 19.6 Å². The maximum atomic E-state index is 14.2. The highest BCUT2D eigenvalue weighted by Gasteiger charge is 2.53. The molecule has 1 amide bonds. The van der Waals surface area contributed by atoms with E-state index < -0.39 is 23.5 Å². The van der Waals surface area contributed by atoms with Crippen molar-refractivity contribution in [1.82, 2.24) is 15.2 Å². The highest BCUT2D eigenvalue weighted by Crippen LogP contribution is 2.49. The summed E-state index contributed by atoms with van der Waals surface area (Å²) in [6.45, 7) is 1.90. The lowest BCUT2D eigenvalue weighted by Gasteiger charge is -2.24. The van der Waals surface area contributed by atoms with E-state index in [1.54, 1.807) is 18.2 Å². The number of aromatic nitrogens is 1. The number of pyridine rings is 1. The van der Waals surface area contributed by atoms with E-state index in [1.807, 2.05) is 0 Å². The number of carbonyl (C=O) groups excluding carboxylic acids is 1. The summed E-state index contributed by atoms with van der Waals surface area (Å²) in [6, 6.07) is 7.18. The van der Waals surface area contributed by atoms with Gasteiger partial charge in [-0.3, -0.25) is 9.78 Å². The van der Waals surface area contributed by atoms with Crippen molar-refractivity contribution in [3.05, 3.63) is 65.2 Å². The predicted molar refractivity (Wildman–Crippen MR) is 93.7 cm³/mol. The lowest BCUT2D eigenvalue weighted by molar-refractivity contribution is -0.137. The first-order valence-corrected chi connectivity index (χ1v) is 9.11. The molecule has 8 heteroatoms. The summed E-state index contributed by atoms with van der Waals surface area (Å²) in [7, 11) is 0. The lowest BCUT2D eigenvalue weighted by atomic mass is 10.1. The van der Waals surface area contributed by atoms with Crippen molar-refractivity contribution < 1.29 is 22.4 Å². The van der Waals surface area contributed by atoms with Crippen LogP contribution in [0.15, 0.2) is 42.6 Å². The number of piperidine rings is 1. The van der Waals surface area contributed by atoms with Gasteiger partial charge in [0.15, 0.2) is 0 Å². The lowest BCUT2D eigenvalue weighted by Crippen LogP contribution is -2.35. The molecule has 2 fully saturated rings. The van der Waals surface area contributed by atoms with Crippen LogP contribution in [0.1, 0.15) is 21.6 Å². The maximum Gasteiger partial charge on any atom is 0.416 e. The van der Waals surface area contributed by atoms with Crippen LogP contribution in [0, 0.1) is 23.6 Å². The molecule has 1 aliphatic heterocycles. The minimum Gasteiger partial charge on any atom is -0.333 e. The molecule has 0 spiro atoms. The number of alkyl halides is 3. The first-order chi connectivity index (χ1) is 13.3. The smallest absolute Gasteiger partial charge is 0.333 e. The number of fused-ring (bicyclic) bond motifs is 1. The summed E-state index contributed by atoms with van der Waals surface area (Å²) in [5, 5.41) is 3.27. The third-order valence-electron chi connectivity index (χ3n) is 5.61. The average molecular weight is 393 g/mol. The van der Waals surface area contributed by atoms with Crippen LogP contribution in [0.3, 0.4) is 0 Å². The Bertz CT molecular complexity index is 861. The van der Waals surface area contributed by atoms with E-state index in [4.69, 9.17) is 0 Å². The molecular weight excluding hydrogens is 374 g/mol. The molecule has 2 unspecified atom stereocenters. The molecule has 1 saturated heterocycles. The fourth-order valence-electron chi connectivity index (χ4n) is 4.02. The molecule has 2 heterocycles. The first-order valence-electron chi connectivity index (χ1n) is 9.11. The Morgan fingerprint density at radius 2 is 1.93 bits per heavy atom. The largest absolute Gasteiger partial charge is 0.416 e. The molecule has 4 rings (SSSR count). The van der Waals surface area contributed by atoms with Crippen LogP contribution in [0.4, 0.5) is 17.6 Å². The predicted octanol–water partition coefficient (Wildman–Crippen LogP) is 3.35. The zero-order chi connectivity index (χ0) is 19.9. The third kappa shape index (κ3) is 3.73. The van der Waals surface area contributed by atoms with Gasteiger partial charge in [-0.05, 0) is 61.2 Å². The van der Waals surface area contributed by atoms with Crippen LogP contribution >= 0.6 is 0 Å². The van der Waals surface area contributed by atoms with Crippen LogP contribution in [-0.2, 0) is 12.7 Å². The quantitative estimate of drug-likeness (QED) is 0.793. The number of carbonyl (C=O) groups is 1. The minimum atomic E-state index is -4.57. The Labute approximate surface area is 159 Å². The van der Waals surface area contributed by atoms with E-state index in [2.05, 4.69) is 10.3 Å². The molecule has 0 radical (unpaired) electrons. The number of nitrogens with one attached hydrogen (secondary N) is 1. The summed E-state index contributed by atoms with van der Waals surface area (Å²) in [5.74, 6) is 0.0402. The van der Waals surface area contributed by atoms with Crippen molar-refractivity contribution in [2.45, 2.75) is 12.7 Å². The molecule has 4 nitrogen and oxygen atoms in total. The van der Waals surface area contributed by atoms with Crippen LogP contribution in [-0.4, -0.2) is 35.4 Å². The topological polar surface area (TPSA) is 45.2 Å². The maximum absolute atomic E-state index is 14.2. The van der Waals surface area contributed by atoms with Gasteiger partial charge in [0, 0.05) is 24.8 Å². The van der Waals surface area contributed by atoms with Crippen LogP contribution in [0.25, 0.3) is 0 Å². The van der Waals surface area contributed by atoms with Gasteiger partial charge in [-0.2, -0.15) is 13.2 Å². The summed E-state index contributed by atoms with van der Waals surface area (Å²) in [4.78, 5) is 18.4. The van der Waals surface area contributed by atoms with Crippen molar-refractivity contribution in [2.24, 2.45) is 17.8 Å². The van der Waals surface area contributed by atoms with E-state index in [0.29, 0.717) is 24.4 Å². The summed E-state index contributed by atoms with van der Waals surface area (Å²) < 4.78 is 53.3. The number of nitrogens with zero attached hydrogens (tertiary/aromatic N) is 2. The highest BCUT2D eigenvalue weighted by atomic mass is 19.4. The molecule has 1 N–H and O–H groups in total. The second kappa shape index (κ2) is 7.16. The van der Waals surface area contributed by atoms with Gasteiger partial charge in [0.2, 0.25) is 0 Å². The first kappa shape index (κ1) is 18.9. The Hall–Kier alpha value is -2.48. The number of rotatable bonds is 5. The Morgan fingerprint density at radius 3 is 2.57 bits per heavy atom. The van der Waals surface area contributed by atoms with Gasteiger partial charge in [0.05, 0.1) is 5.56 Å². The van der Waals surface area contributed by atoms with Gasteiger partial charge in [-0.25, -0.2) is 4.39 Å². The molecule has 1 aromatic carbocycles. The Balaban J connectivity index is 1.59. The van der Waals surface area contributed by atoms with Crippen molar-refractivity contribution in [3.8, 4) is 0 Å². The normalized spacial score (nSPS) is 23.4. The van der Waals surface area contributed by atoms with E-state index >= 15 is 0 Å². The van der Waals surface area contributed by atoms with Crippen LogP contribution < -0.4 is 5.32 Å². The van der Waals surface area contributed by atoms with E-state index in [-0.39, 0.29) is 23.7 Å². The number of halogens is 4. The number of amides is 1. The van der Waals surface area contributed by atoms with Gasteiger partial charge >= 0.3 is 6.18 Å². The monoisotopic (exact) mass is 393 g/mol. The third-order valence-corrected chi connectivity index (χ3v) is 5.61. The van der Waals surface area contributed by atoms with Gasteiger partial charge < -0.3 is 10.2 Å². The number of benzene rings is 1. The minimum absolute atomic E-state index is 0.150. The van der Waals surface area contributed by atoms with E-state index in [9.17, 15) is 22.4 Å². The van der Waals surface area contributed by atoms with Crippen LogP contribution in [0.2, 0.25) is 0 Å². The SMILES string of the molecule is O=C(c1ccccn1)N(Cc1cc(C(F)(F)F)ccc1F)CC1C2CNCC21. The summed E-state index contributed by atoms with van der Waals surface area (Å²) in [6.07, 6.45) is -3.09. The fraction of sp³-hybridized carbons (Fsp3) is 0.400. The molecule has 1 aliphatic carbocycles. The molecule has 0 bridgehead atoms. The zero-order valence-electron chi connectivity index (χ0n) is 14.9. The number of hydrogen-bond donors (Lipinski definition) is 1. The molecule has 2 aromatic rings. The molecule has 28 heavy (non-hydrogen) atoms. The van der Waals surface area contributed by atoms with Gasteiger partial charge in [0.1, 0.15) is 11.5 Å². The van der Waals surface area contributed by atoms with Crippen LogP contribution in [0.5, 0.6) is 0 Å². The summed E-state index contributed by atoms with van der Waals surface area (Å²) in [5.41, 5.74) is -0.886. The van der Waals surface area contributed by atoms with E-state index in [1.165, 1.54) is 11.1 Å². The highest BCUT2D eigenvalue weighted by molar-refractivity contribution is 5.92. The molecule has 148 valence electrons. The second-order valence-corrected chi connectivity index (χ2v) is 7.35. The van der Waals surface area contributed by atoms with Gasteiger partial charge in [-0.1, -0.05) is 6.07 Å².